The Bertz CT molecular complexity index is 661. The van der Waals surface area contributed by atoms with Gasteiger partial charge in [0.1, 0.15) is 11.5 Å². The number of methoxy groups -OCH3 is 1. The molecule has 2 rings (SSSR count). The monoisotopic (exact) mass is 355 g/mol. The zero-order valence-corrected chi connectivity index (χ0v) is 12.8. The summed E-state index contributed by atoms with van der Waals surface area (Å²) in [5.74, 6) is 0.175. The molecule has 0 atom stereocenters. The average molecular weight is 357 g/mol. The second-order valence-corrected chi connectivity index (χ2v) is 5.32. The van der Waals surface area contributed by atoms with Gasteiger partial charge in [0.15, 0.2) is 0 Å². The van der Waals surface area contributed by atoms with Crippen molar-refractivity contribution in [1.82, 2.24) is 0 Å². The highest BCUT2D eigenvalue weighted by atomic mass is 79.9. The van der Waals surface area contributed by atoms with E-state index in [1.807, 2.05) is 0 Å². The van der Waals surface area contributed by atoms with E-state index in [9.17, 15) is 9.90 Å². The minimum atomic E-state index is -0.411. The highest BCUT2D eigenvalue weighted by Gasteiger charge is 2.12. The van der Waals surface area contributed by atoms with E-state index in [-0.39, 0.29) is 16.3 Å². The molecule has 0 aliphatic rings. The van der Waals surface area contributed by atoms with Gasteiger partial charge in [-0.1, -0.05) is 27.5 Å². The Morgan fingerprint density at radius 3 is 2.75 bits per heavy atom. The van der Waals surface area contributed by atoms with Crippen molar-refractivity contribution >= 4 is 39.1 Å². The van der Waals surface area contributed by atoms with Crippen molar-refractivity contribution in [1.29, 1.82) is 0 Å². The minimum Gasteiger partial charge on any atom is -0.508 e. The lowest BCUT2D eigenvalue weighted by Crippen LogP contribution is -2.12. The van der Waals surface area contributed by atoms with E-state index in [1.165, 1.54) is 18.2 Å². The van der Waals surface area contributed by atoms with Crippen LogP contribution in [0.2, 0.25) is 5.02 Å². The molecule has 4 nitrogen and oxygen atoms in total. The van der Waals surface area contributed by atoms with Crippen LogP contribution in [0.1, 0.15) is 10.4 Å². The molecule has 0 bridgehead atoms. The van der Waals surface area contributed by atoms with Gasteiger partial charge in [-0.15, -0.1) is 0 Å². The third kappa shape index (κ3) is 3.43. The molecule has 104 valence electrons. The first kappa shape index (κ1) is 14.7. The fraction of sp³-hybridized carbons (Fsp3) is 0.0714. The molecule has 2 aromatic carbocycles. The maximum atomic E-state index is 12.1. The van der Waals surface area contributed by atoms with E-state index in [2.05, 4.69) is 21.2 Å². The number of phenolic OH excluding ortho intramolecular Hbond substituents is 1. The summed E-state index contributed by atoms with van der Waals surface area (Å²) in [6.45, 7) is 0. The highest BCUT2D eigenvalue weighted by molar-refractivity contribution is 9.10. The molecule has 20 heavy (non-hydrogen) atoms. The van der Waals surface area contributed by atoms with Crippen LogP contribution in [-0.4, -0.2) is 18.1 Å². The topological polar surface area (TPSA) is 58.6 Å². The van der Waals surface area contributed by atoms with Crippen molar-refractivity contribution in [2.75, 3.05) is 12.4 Å². The Balaban J connectivity index is 2.27. The lowest BCUT2D eigenvalue weighted by molar-refractivity contribution is 0.102. The number of benzene rings is 2. The average Bonchev–Trinajstić information content (AvgIpc) is 2.40. The second-order valence-electron chi connectivity index (χ2n) is 4.00. The summed E-state index contributed by atoms with van der Waals surface area (Å²) in [6, 6.07) is 9.38. The summed E-state index contributed by atoms with van der Waals surface area (Å²) in [7, 11) is 1.54. The highest BCUT2D eigenvalue weighted by Crippen LogP contribution is 2.26. The predicted octanol–water partition coefficient (Wildman–Crippen LogP) is 4.07. The number of carbonyl (C=O) groups excluding carboxylic acids is 1. The SMILES string of the molecule is COc1cc(Br)cc(NC(=O)c2cc(O)ccc2Cl)c1. The predicted molar refractivity (Wildman–Crippen MR) is 81.8 cm³/mol. The Morgan fingerprint density at radius 1 is 1.30 bits per heavy atom. The van der Waals surface area contributed by atoms with Crippen molar-refractivity contribution in [2.45, 2.75) is 0 Å². The van der Waals surface area contributed by atoms with Crippen LogP contribution in [0.4, 0.5) is 5.69 Å². The molecule has 2 N–H and O–H groups in total. The third-order valence-electron chi connectivity index (χ3n) is 2.56. The number of rotatable bonds is 3. The fourth-order valence-electron chi connectivity index (χ4n) is 1.64. The van der Waals surface area contributed by atoms with E-state index in [1.54, 1.807) is 25.3 Å². The Morgan fingerprint density at radius 2 is 2.05 bits per heavy atom. The zero-order chi connectivity index (χ0) is 14.7. The van der Waals surface area contributed by atoms with Crippen molar-refractivity contribution < 1.29 is 14.6 Å². The van der Waals surface area contributed by atoms with Gasteiger partial charge in [0.25, 0.3) is 5.91 Å². The van der Waals surface area contributed by atoms with Crippen molar-refractivity contribution in [2.24, 2.45) is 0 Å². The fourth-order valence-corrected chi connectivity index (χ4v) is 2.31. The van der Waals surface area contributed by atoms with E-state index >= 15 is 0 Å². The quantitative estimate of drug-likeness (QED) is 0.871. The minimum absolute atomic E-state index is 0.0219. The van der Waals surface area contributed by atoms with Crippen LogP contribution in [0.15, 0.2) is 40.9 Å². The number of anilines is 1. The van der Waals surface area contributed by atoms with Crippen LogP contribution in [0.3, 0.4) is 0 Å². The molecule has 0 aliphatic carbocycles. The van der Waals surface area contributed by atoms with Crippen LogP contribution in [0.25, 0.3) is 0 Å². The second kappa shape index (κ2) is 6.15. The van der Waals surface area contributed by atoms with Gasteiger partial charge >= 0.3 is 0 Å². The first-order valence-corrected chi connectivity index (χ1v) is 6.81. The van der Waals surface area contributed by atoms with Gasteiger partial charge in [-0.2, -0.15) is 0 Å². The molecule has 0 saturated carbocycles. The molecule has 6 heteroatoms. The summed E-state index contributed by atoms with van der Waals surface area (Å²) in [6.07, 6.45) is 0. The molecule has 0 fully saturated rings. The molecule has 0 saturated heterocycles. The molecule has 0 spiro atoms. The zero-order valence-electron chi connectivity index (χ0n) is 10.5. The normalized spacial score (nSPS) is 10.2. The van der Waals surface area contributed by atoms with Gasteiger partial charge in [0.05, 0.1) is 17.7 Å². The smallest absolute Gasteiger partial charge is 0.257 e. The van der Waals surface area contributed by atoms with Gasteiger partial charge in [0.2, 0.25) is 0 Å². The lowest BCUT2D eigenvalue weighted by Gasteiger charge is -2.09. The first-order chi connectivity index (χ1) is 9.49. The first-order valence-electron chi connectivity index (χ1n) is 5.64. The number of hydrogen-bond acceptors (Lipinski definition) is 3. The largest absolute Gasteiger partial charge is 0.508 e. The van der Waals surface area contributed by atoms with Crippen molar-refractivity contribution in [3.63, 3.8) is 0 Å². The molecular weight excluding hydrogens is 346 g/mol. The maximum Gasteiger partial charge on any atom is 0.257 e. The summed E-state index contributed by atoms with van der Waals surface area (Å²) in [5, 5.41) is 12.4. The van der Waals surface area contributed by atoms with Gasteiger partial charge in [-0.25, -0.2) is 0 Å². The van der Waals surface area contributed by atoms with E-state index in [4.69, 9.17) is 16.3 Å². The molecule has 2 aromatic rings. The summed E-state index contributed by atoms with van der Waals surface area (Å²) >= 11 is 9.27. The van der Waals surface area contributed by atoms with Crippen molar-refractivity contribution in [3.05, 3.63) is 51.5 Å². The Kier molecular flexibility index (Phi) is 4.52. The van der Waals surface area contributed by atoms with Crippen LogP contribution in [-0.2, 0) is 0 Å². The number of ether oxygens (including phenoxy) is 1. The van der Waals surface area contributed by atoms with Crippen LogP contribution in [0, 0.1) is 0 Å². The van der Waals surface area contributed by atoms with Gasteiger partial charge in [-0.05, 0) is 30.3 Å². The summed E-state index contributed by atoms with van der Waals surface area (Å²) < 4.78 is 5.89. The number of hydrogen-bond donors (Lipinski definition) is 2. The van der Waals surface area contributed by atoms with Gasteiger partial charge < -0.3 is 15.2 Å². The van der Waals surface area contributed by atoms with Crippen molar-refractivity contribution in [3.8, 4) is 11.5 Å². The van der Waals surface area contributed by atoms with Gasteiger partial charge in [0, 0.05) is 16.2 Å². The van der Waals surface area contributed by atoms with Crippen LogP contribution < -0.4 is 10.1 Å². The number of aromatic hydroxyl groups is 1. The lowest BCUT2D eigenvalue weighted by atomic mass is 10.2. The standard InChI is InChI=1S/C14H11BrClNO3/c1-20-11-5-8(15)4-9(6-11)17-14(19)12-7-10(18)2-3-13(12)16/h2-7,18H,1H3,(H,17,19). The summed E-state index contributed by atoms with van der Waals surface area (Å²) in [5.41, 5.74) is 0.756. The van der Waals surface area contributed by atoms with Gasteiger partial charge in [-0.3, -0.25) is 4.79 Å². The maximum absolute atomic E-state index is 12.1. The number of phenols is 1. The molecule has 0 heterocycles. The molecular formula is C14H11BrClNO3. The molecule has 0 unspecified atom stereocenters. The van der Waals surface area contributed by atoms with Crippen LogP contribution in [0.5, 0.6) is 11.5 Å². The number of amides is 1. The molecule has 1 amide bonds. The molecule has 0 aliphatic heterocycles. The number of halogens is 2. The molecule has 0 aromatic heterocycles. The Hall–Kier alpha value is -1.72. The van der Waals surface area contributed by atoms with E-state index < -0.39 is 5.91 Å². The number of nitrogens with one attached hydrogen (secondary N) is 1. The van der Waals surface area contributed by atoms with E-state index in [0.717, 1.165) is 4.47 Å². The van der Waals surface area contributed by atoms with E-state index in [0.29, 0.717) is 11.4 Å². The Labute approximate surface area is 129 Å². The third-order valence-corrected chi connectivity index (χ3v) is 3.35. The molecule has 0 radical (unpaired) electrons. The van der Waals surface area contributed by atoms with Crippen LogP contribution >= 0.6 is 27.5 Å². The summed E-state index contributed by atoms with van der Waals surface area (Å²) in [4.78, 5) is 12.1. The number of carbonyl (C=O) groups is 1.